The van der Waals surface area contributed by atoms with Gasteiger partial charge in [0.25, 0.3) is 5.92 Å². The molecule has 0 amide bonds. The number of rotatable bonds is 7. The number of fused-ring (bicyclic) bond motifs is 2. The molecule has 5 nitrogen and oxygen atoms in total. The summed E-state index contributed by atoms with van der Waals surface area (Å²) in [6, 6.07) is 18.3. The van der Waals surface area contributed by atoms with Gasteiger partial charge in [-0.3, -0.25) is 10.00 Å². The molecule has 1 aliphatic rings. The number of nitrogens with zero attached hydrogens (tertiary/aromatic N) is 3. The lowest BCUT2D eigenvalue weighted by Crippen LogP contribution is -2.26. The number of alkyl halides is 2. The van der Waals surface area contributed by atoms with Crippen molar-refractivity contribution in [3.05, 3.63) is 102 Å². The van der Waals surface area contributed by atoms with Crippen LogP contribution in [0.4, 0.5) is 13.2 Å². The summed E-state index contributed by atoms with van der Waals surface area (Å²) in [4.78, 5) is 10.2. The maximum Gasteiger partial charge on any atom is 0.261 e. The zero-order chi connectivity index (χ0) is 28.7. The van der Waals surface area contributed by atoms with Gasteiger partial charge >= 0.3 is 0 Å². The highest BCUT2D eigenvalue weighted by Crippen LogP contribution is 2.35. The Labute approximate surface area is 236 Å². The van der Waals surface area contributed by atoms with Crippen molar-refractivity contribution in [1.29, 1.82) is 0 Å². The van der Waals surface area contributed by atoms with Gasteiger partial charge in [-0.25, -0.2) is 18.2 Å². The van der Waals surface area contributed by atoms with Crippen LogP contribution in [0.5, 0.6) is 0 Å². The van der Waals surface area contributed by atoms with Crippen LogP contribution in [0.3, 0.4) is 0 Å². The smallest absolute Gasteiger partial charge is 0.261 e. The summed E-state index contributed by atoms with van der Waals surface area (Å²) in [5.74, 6) is -2.91. The quantitative estimate of drug-likeness (QED) is 0.200. The van der Waals surface area contributed by atoms with Crippen LogP contribution >= 0.6 is 0 Å². The first kappa shape index (κ1) is 26.8. The largest absolute Gasteiger partial charge is 0.353 e. The lowest BCUT2D eigenvalue weighted by molar-refractivity contribution is 0.0131. The molecule has 0 radical (unpaired) electrons. The summed E-state index contributed by atoms with van der Waals surface area (Å²) in [6.07, 6.45) is 3.83. The lowest BCUT2D eigenvalue weighted by Gasteiger charge is -2.16. The topological polar surface area (TPSA) is 60.6 Å². The van der Waals surface area contributed by atoms with E-state index in [1.54, 1.807) is 17.0 Å². The molecule has 8 heteroatoms. The number of pyridine rings is 1. The molecule has 0 bridgehead atoms. The Balaban J connectivity index is 1.38. The number of nitrogens with one attached hydrogen (secondary N) is 2. The molecule has 0 spiro atoms. The molecule has 1 saturated heterocycles. The van der Waals surface area contributed by atoms with Crippen LogP contribution in [-0.2, 0) is 0 Å². The molecule has 2 aromatic carbocycles. The van der Waals surface area contributed by atoms with Crippen molar-refractivity contribution in [3.63, 3.8) is 0 Å². The first-order valence-electron chi connectivity index (χ1n) is 13.5. The van der Waals surface area contributed by atoms with E-state index in [0.29, 0.717) is 29.9 Å². The predicted octanol–water partition coefficient (Wildman–Crippen LogP) is 8.16. The molecular weight excluding hydrogens is 523 g/mol. The van der Waals surface area contributed by atoms with Gasteiger partial charge in [-0.2, -0.15) is 5.10 Å². The van der Waals surface area contributed by atoms with Gasteiger partial charge in [-0.1, -0.05) is 60.2 Å². The van der Waals surface area contributed by atoms with E-state index in [2.05, 4.69) is 21.8 Å². The van der Waals surface area contributed by atoms with Crippen molar-refractivity contribution >= 4 is 27.5 Å². The minimum absolute atomic E-state index is 0.105. The molecule has 3 aromatic heterocycles. The Kier molecular flexibility index (Phi) is 6.87. The number of hydrogen-bond acceptors (Lipinski definition) is 3. The number of aromatic amines is 2. The summed E-state index contributed by atoms with van der Waals surface area (Å²) in [6.45, 7) is 8.51. The highest BCUT2D eigenvalue weighted by atomic mass is 19.3. The van der Waals surface area contributed by atoms with E-state index in [9.17, 15) is 13.2 Å². The SMILES string of the molecule is C=C(C)/C=C(\C=C(/C)CN1CCC(F)(F)C1)c1ccc2[nH]nc(-c3cc4c(-c5ccccc5F)cccc4[nH]3)c2n1. The second-order valence-corrected chi connectivity index (χ2v) is 10.8. The highest BCUT2D eigenvalue weighted by molar-refractivity contribution is 6.00. The van der Waals surface area contributed by atoms with Crippen LogP contribution in [0.15, 0.2) is 90.5 Å². The van der Waals surface area contributed by atoms with Gasteiger partial charge in [0, 0.05) is 41.5 Å². The molecule has 1 fully saturated rings. The van der Waals surface area contributed by atoms with E-state index in [4.69, 9.17) is 4.98 Å². The average Bonchev–Trinajstić information content (AvgIpc) is 3.63. The zero-order valence-corrected chi connectivity index (χ0v) is 22.9. The van der Waals surface area contributed by atoms with Gasteiger partial charge in [0.05, 0.1) is 23.4 Å². The van der Waals surface area contributed by atoms with E-state index in [-0.39, 0.29) is 18.8 Å². The number of aromatic nitrogens is 4. The highest BCUT2D eigenvalue weighted by Gasteiger charge is 2.37. The lowest BCUT2D eigenvalue weighted by atomic mass is 10.0. The monoisotopic (exact) mass is 553 g/mol. The number of halogens is 3. The Morgan fingerprint density at radius 3 is 2.59 bits per heavy atom. The van der Waals surface area contributed by atoms with Gasteiger partial charge in [-0.05, 0) is 49.7 Å². The number of hydrogen-bond donors (Lipinski definition) is 2. The molecular formula is C33H30F3N5. The van der Waals surface area contributed by atoms with Crippen LogP contribution < -0.4 is 0 Å². The molecule has 4 heterocycles. The van der Waals surface area contributed by atoms with Crippen molar-refractivity contribution < 1.29 is 13.2 Å². The predicted molar refractivity (Wildman–Crippen MR) is 159 cm³/mol. The summed E-state index contributed by atoms with van der Waals surface area (Å²) < 4.78 is 42.1. The number of likely N-dealkylation sites (tertiary alicyclic amines) is 1. The van der Waals surface area contributed by atoms with Crippen molar-refractivity contribution in [2.24, 2.45) is 0 Å². The summed E-state index contributed by atoms with van der Waals surface area (Å²) in [7, 11) is 0. The van der Waals surface area contributed by atoms with Crippen LogP contribution in [-0.4, -0.2) is 50.6 Å². The third kappa shape index (κ3) is 5.47. The second kappa shape index (κ2) is 10.5. The van der Waals surface area contributed by atoms with E-state index < -0.39 is 5.92 Å². The Morgan fingerprint density at radius 1 is 1.02 bits per heavy atom. The third-order valence-electron chi connectivity index (χ3n) is 7.31. The second-order valence-electron chi connectivity index (χ2n) is 10.8. The van der Waals surface area contributed by atoms with Crippen LogP contribution in [0.2, 0.25) is 0 Å². The molecule has 0 atom stereocenters. The molecule has 5 aromatic rings. The van der Waals surface area contributed by atoms with Gasteiger partial charge in [0.2, 0.25) is 0 Å². The maximum atomic E-state index is 14.7. The van der Waals surface area contributed by atoms with Crippen molar-refractivity contribution in [1.82, 2.24) is 25.1 Å². The molecule has 2 N–H and O–H groups in total. The third-order valence-corrected chi connectivity index (χ3v) is 7.31. The normalized spacial score (nSPS) is 16.2. The van der Waals surface area contributed by atoms with Gasteiger partial charge in [0.1, 0.15) is 17.0 Å². The molecule has 0 saturated carbocycles. The van der Waals surface area contributed by atoms with Gasteiger partial charge in [-0.15, -0.1) is 0 Å². The Morgan fingerprint density at radius 2 is 1.83 bits per heavy atom. The Hall–Kier alpha value is -4.43. The van der Waals surface area contributed by atoms with E-state index in [0.717, 1.165) is 50.1 Å². The fourth-order valence-electron chi connectivity index (χ4n) is 5.51. The average molecular weight is 554 g/mol. The fraction of sp³-hybridized carbons (Fsp3) is 0.212. The van der Waals surface area contributed by atoms with E-state index in [1.807, 2.05) is 68.5 Å². The molecule has 1 aliphatic heterocycles. The van der Waals surface area contributed by atoms with E-state index >= 15 is 0 Å². The number of benzene rings is 2. The van der Waals surface area contributed by atoms with Crippen LogP contribution in [0.25, 0.3) is 50.0 Å². The molecule has 41 heavy (non-hydrogen) atoms. The molecule has 208 valence electrons. The van der Waals surface area contributed by atoms with Crippen molar-refractivity contribution in [2.45, 2.75) is 26.2 Å². The first-order valence-corrected chi connectivity index (χ1v) is 13.5. The van der Waals surface area contributed by atoms with Gasteiger partial charge in [0.15, 0.2) is 0 Å². The zero-order valence-electron chi connectivity index (χ0n) is 22.9. The maximum absolute atomic E-state index is 14.7. The first-order chi connectivity index (χ1) is 19.7. The summed E-state index contributed by atoms with van der Waals surface area (Å²) >= 11 is 0. The van der Waals surface area contributed by atoms with Gasteiger partial charge < -0.3 is 4.98 Å². The van der Waals surface area contributed by atoms with E-state index in [1.165, 1.54) is 6.07 Å². The molecule has 6 rings (SSSR count). The standard InChI is InChI=1S/C33H30F3N5/c1-20(2)15-22(16-21(3)18-41-14-13-33(35,36)19-41)27-11-12-29-31(38-27)32(40-39-29)30-17-25-23(8-6-10-28(25)37-30)24-7-4-5-9-26(24)34/h4-12,15-17,37H,1,13-14,18-19H2,2-3H3,(H,39,40)/b21-16+,22-15+. The Bertz CT molecular complexity index is 1840. The number of H-pyrrole nitrogens is 2. The van der Waals surface area contributed by atoms with Crippen molar-refractivity contribution in [2.75, 3.05) is 19.6 Å². The number of allylic oxidation sites excluding steroid dienone is 4. The van der Waals surface area contributed by atoms with Crippen LogP contribution in [0.1, 0.15) is 26.0 Å². The summed E-state index contributed by atoms with van der Waals surface area (Å²) in [5.41, 5.74) is 8.41. The molecule has 0 aliphatic carbocycles. The molecule has 0 unspecified atom stereocenters. The minimum Gasteiger partial charge on any atom is -0.353 e. The fourth-order valence-corrected chi connectivity index (χ4v) is 5.51. The van der Waals surface area contributed by atoms with Crippen LogP contribution in [0, 0.1) is 5.82 Å². The minimum atomic E-state index is -2.63. The van der Waals surface area contributed by atoms with Crippen molar-refractivity contribution in [3.8, 4) is 22.5 Å². The summed E-state index contributed by atoms with van der Waals surface area (Å²) in [5, 5.41) is 8.51.